The van der Waals surface area contributed by atoms with Crippen molar-refractivity contribution in [3.8, 4) is 0 Å². The minimum Gasteiger partial charge on any atom is -0.480 e. The summed E-state index contributed by atoms with van der Waals surface area (Å²) >= 11 is 0. The number of rotatable bonds is 4. The minimum atomic E-state index is -1.24. The van der Waals surface area contributed by atoms with Gasteiger partial charge in [-0.2, -0.15) is 0 Å². The Morgan fingerprint density at radius 1 is 1.38 bits per heavy atom. The third-order valence-corrected chi connectivity index (χ3v) is 1.13. The summed E-state index contributed by atoms with van der Waals surface area (Å²) in [6, 6.07) is -1.18. The molecule has 13 heavy (non-hydrogen) atoms. The number of hydrogen-bond acceptors (Lipinski definition) is 4. The van der Waals surface area contributed by atoms with Gasteiger partial charge in [0.25, 0.3) is 0 Å². The van der Waals surface area contributed by atoms with E-state index in [1.165, 1.54) is 6.92 Å². The topological polar surface area (TPSA) is 92.7 Å². The zero-order valence-electron chi connectivity index (χ0n) is 7.36. The highest BCUT2D eigenvalue weighted by atomic mass is 16.5. The maximum atomic E-state index is 10.5. The molecule has 1 atom stereocenters. The molecule has 0 aromatic rings. The molecule has 0 aromatic heterocycles. The van der Waals surface area contributed by atoms with Gasteiger partial charge in [-0.25, -0.2) is 4.79 Å². The monoisotopic (exact) mass is 189 g/mol. The van der Waals surface area contributed by atoms with Crippen LogP contribution in [-0.2, 0) is 19.1 Å². The fourth-order valence-electron chi connectivity index (χ4n) is 0.621. The maximum Gasteiger partial charge on any atom is 0.329 e. The van der Waals surface area contributed by atoms with Crippen LogP contribution in [0.1, 0.15) is 13.8 Å². The molecular formula is C7H11NO5. The van der Waals surface area contributed by atoms with E-state index >= 15 is 0 Å². The molecule has 0 rings (SSSR count). The van der Waals surface area contributed by atoms with Crippen molar-refractivity contribution in [2.75, 3.05) is 6.61 Å². The van der Waals surface area contributed by atoms with E-state index in [0.29, 0.717) is 0 Å². The number of carbonyl (C=O) groups is 3. The van der Waals surface area contributed by atoms with Crippen LogP contribution in [0.4, 0.5) is 0 Å². The first-order chi connectivity index (χ1) is 5.93. The van der Waals surface area contributed by atoms with Gasteiger partial charge in [-0.15, -0.1) is 0 Å². The summed E-state index contributed by atoms with van der Waals surface area (Å²) in [7, 11) is 0. The van der Waals surface area contributed by atoms with Crippen molar-refractivity contribution in [1.82, 2.24) is 5.32 Å². The molecule has 74 valence electrons. The average Bonchev–Trinajstić information content (AvgIpc) is 1.96. The van der Waals surface area contributed by atoms with Gasteiger partial charge in [0.1, 0.15) is 6.61 Å². The molecule has 0 aromatic carbocycles. The lowest BCUT2D eigenvalue weighted by Crippen LogP contribution is -2.43. The lowest BCUT2D eigenvalue weighted by atomic mass is 10.3. The number of hydrogen-bond donors (Lipinski definition) is 2. The zero-order chi connectivity index (χ0) is 10.4. The smallest absolute Gasteiger partial charge is 0.329 e. The normalized spacial score (nSPS) is 11.5. The van der Waals surface area contributed by atoms with Crippen LogP contribution in [0, 0.1) is 0 Å². The Labute approximate surface area is 74.9 Å². The van der Waals surface area contributed by atoms with Crippen molar-refractivity contribution in [2.45, 2.75) is 19.9 Å². The molecule has 2 N–H and O–H groups in total. The van der Waals surface area contributed by atoms with E-state index in [4.69, 9.17) is 5.11 Å². The van der Waals surface area contributed by atoms with E-state index in [0.717, 1.165) is 6.92 Å². The zero-order valence-corrected chi connectivity index (χ0v) is 7.36. The van der Waals surface area contributed by atoms with E-state index in [1.54, 1.807) is 0 Å². The predicted octanol–water partition coefficient (Wildman–Crippen LogP) is -0.861. The van der Waals surface area contributed by atoms with Gasteiger partial charge in [0, 0.05) is 13.8 Å². The lowest BCUT2D eigenvalue weighted by molar-refractivity contribution is -0.148. The molecule has 0 saturated carbocycles. The molecule has 0 aliphatic heterocycles. The summed E-state index contributed by atoms with van der Waals surface area (Å²) in [4.78, 5) is 31.3. The van der Waals surface area contributed by atoms with Crippen LogP contribution >= 0.6 is 0 Å². The Morgan fingerprint density at radius 3 is 2.23 bits per heavy atom. The maximum absolute atomic E-state index is 10.5. The number of aliphatic carboxylic acids is 1. The van der Waals surface area contributed by atoms with Crippen molar-refractivity contribution >= 4 is 17.8 Å². The molecule has 6 heteroatoms. The first kappa shape index (κ1) is 11.4. The molecule has 6 nitrogen and oxygen atoms in total. The number of carboxylic acids is 1. The van der Waals surface area contributed by atoms with Gasteiger partial charge in [0.2, 0.25) is 5.91 Å². The summed E-state index contributed by atoms with van der Waals surface area (Å²) < 4.78 is 4.43. The largest absolute Gasteiger partial charge is 0.480 e. The van der Waals surface area contributed by atoms with Crippen LogP contribution in [0.25, 0.3) is 0 Å². The van der Waals surface area contributed by atoms with E-state index in [2.05, 4.69) is 10.1 Å². The predicted molar refractivity (Wildman–Crippen MR) is 41.9 cm³/mol. The summed E-state index contributed by atoms with van der Waals surface area (Å²) in [6.07, 6.45) is 0. The minimum absolute atomic E-state index is 0.357. The van der Waals surface area contributed by atoms with Gasteiger partial charge in [0.05, 0.1) is 0 Å². The fourth-order valence-corrected chi connectivity index (χ4v) is 0.621. The quantitative estimate of drug-likeness (QED) is 0.561. The molecule has 0 aliphatic rings. The van der Waals surface area contributed by atoms with Crippen LogP contribution in [0.5, 0.6) is 0 Å². The van der Waals surface area contributed by atoms with E-state index in [1.807, 2.05) is 0 Å². The van der Waals surface area contributed by atoms with Crippen LogP contribution < -0.4 is 5.32 Å². The molecule has 0 radical (unpaired) electrons. The molecular weight excluding hydrogens is 178 g/mol. The number of carboxylic acid groups (broad SMARTS) is 1. The molecule has 0 bridgehead atoms. The number of carbonyl (C=O) groups excluding carboxylic acids is 2. The van der Waals surface area contributed by atoms with E-state index < -0.39 is 23.9 Å². The van der Waals surface area contributed by atoms with Crippen molar-refractivity contribution in [3.05, 3.63) is 0 Å². The Balaban J connectivity index is 4.02. The van der Waals surface area contributed by atoms with Gasteiger partial charge in [-0.3, -0.25) is 9.59 Å². The van der Waals surface area contributed by atoms with Gasteiger partial charge in [-0.05, 0) is 0 Å². The molecule has 0 fully saturated rings. The summed E-state index contributed by atoms with van der Waals surface area (Å²) in [5.41, 5.74) is 0. The van der Waals surface area contributed by atoms with Crippen LogP contribution in [0.3, 0.4) is 0 Å². The van der Waals surface area contributed by atoms with Crippen LogP contribution in [0.15, 0.2) is 0 Å². The van der Waals surface area contributed by atoms with Crippen molar-refractivity contribution < 1.29 is 24.2 Å². The highest BCUT2D eigenvalue weighted by Gasteiger charge is 2.19. The van der Waals surface area contributed by atoms with Gasteiger partial charge in [-0.1, -0.05) is 0 Å². The molecule has 1 amide bonds. The Hall–Kier alpha value is -1.59. The average molecular weight is 189 g/mol. The second-order valence-electron chi connectivity index (χ2n) is 2.39. The summed E-state index contributed by atoms with van der Waals surface area (Å²) in [5, 5.41) is 10.6. The third kappa shape index (κ3) is 5.66. The van der Waals surface area contributed by atoms with Gasteiger partial charge >= 0.3 is 11.9 Å². The molecule has 0 unspecified atom stereocenters. The fraction of sp³-hybridized carbons (Fsp3) is 0.571. The number of ether oxygens (including phenoxy) is 1. The molecule has 0 spiro atoms. The van der Waals surface area contributed by atoms with Crippen LogP contribution in [-0.4, -0.2) is 35.6 Å². The van der Waals surface area contributed by atoms with Crippen molar-refractivity contribution in [3.63, 3.8) is 0 Å². The van der Waals surface area contributed by atoms with Gasteiger partial charge in [0.15, 0.2) is 6.04 Å². The molecule has 0 aliphatic carbocycles. The lowest BCUT2D eigenvalue weighted by Gasteiger charge is -2.12. The number of nitrogens with one attached hydrogen (secondary N) is 1. The van der Waals surface area contributed by atoms with Crippen molar-refractivity contribution in [1.29, 1.82) is 0 Å². The van der Waals surface area contributed by atoms with Crippen molar-refractivity contribution in [2.24, 2.45) is 0 Å². The standard InChI is InChI=1S/C7H11NO5/c1-4(9)8-6(7(11)12)3-13-5(2)10/h6H,3H2,1-2H3,(H,8,9)(H,11,12)/t6-/m0/s1. The third-order valence-electron chi connectivity index (χ3n) is 1.13. The van der Waals surface area contributed by atoms with E-state index in [9.17, 15) is 14.4 Å². The first-order valence-electron chi connectivity index (χ1n) is 3.56. The highest BCUT2D eigenvalue weighted by Crippen LogP contribution is 1.87. The number of amides is 1. The van der Waals surface area contributed by atoms with Gasteiger partial charge < -0.3 is 15.2 Å². The second kappa shape index (κ2) is 5.13. The Bertz CT molecular complexity index is 225. The highest BCUT2D eigenvalue weighted by molar-refractivity contribution is 5.82. The second-order valence-corrected chi connectivity index (χ2v) is 2.39. The number of esters is 1. The van der Waals surface area contributed by atoms with E-state index in [-0.39, 0.29) is 6.61 Å². The molecule has 0 saturated heterocycles. The Morgan fingerprint density at radius 2 is 1.92 bits per heavy atom. The Kier molecular flexibility index (Phi) is 4.50. The summed E-state index contributed by atoms with van der Waals surface area (Å²) in [6.45, 7) is 1.99. The molecule has 0 heterocycles. The summed E-state index contributed by atoms with van der Waals surface area (Å²) in [5.74, 6) is -2.31. The first-order valence-corrected chi connectivity index (χ1v) is 3.56. The SMILES string of the molecule is CC(=O)N[C@@H](COC(C)=O)C(=O)O. The van der Waals surface area contributed by atoms with Crippen LogP contribution in [0.2, 0.25) is 0 Å².